The third-order valence-electron chi connectivity index (χ3n) is 6.10. The van der Waals surface area contributed by atoms with Crippen molar-refractivity contribution in [1.82, 2.24) is 4.57 Å². The zero-order chi connectivity index (χ0) is 21.4. The van der Waals surface area contributed by atoms with Gasteiger partial charge in [-0.3, -0.25) is 0 Å². The number of rotatable bonds is 5. The standard InChI is InChI=1S/C23H34N2O3S/c1-16-22(29(24,26)27)14-21(25(16)15-17-9-7-6-8-10-17)18-11-19(23(2,3)4)13-20(12-18)28-5/h11-14,17H,6-10,15H2,1-5H3,(H2,24,26,27). The van der Waals surface area contributed by atoms with Crippen molar-refractivity contribution < 1.29 is 13.2 Å². The molecule has 1 aromatic heterocycles. The van der Waals surface area contributed by atoms with Crippen molar-refractivity contribution in [3.05, 3.63) is 35.5 Å². The van der Waals surface area contributed by atoms with E-state index in [0.29, 0.717) is 11.6 Å². The fourth-order valence-electron chi connectivity index (χ4n) is 4.31. The highest BCUT2D eigenvalue weighted by atomic mass is 32.2. The van der Waals surface area contributed by atoms with Crippen LogP contribution in [0.15, 0.2) is 29.2 Å². The second-order valence-electron chi connectivity index (χ2n) is 9.34. The van der Waals surface area contributed by atoms with E-state index >= 15 is 0 Å². The van der Waals surface area contributed by atoms with Gasteiger partial charge in [-0.1, -0.05) is 40.0 Å². The highest BCUT2D eigenvalue weighted by Gasteiger charge is 2.25. The van der Waals surface area contributed by atoms with E-state index in [9.17, 15) is 8.42 Å². The highest BCUT2D eigenvalue weighted by Crippen LogP contribution is 2.36. The Bertz CT molecular complexity index is 978. The molecule has 0 atom stereocenters. The van der Waals surface area contributed by atoms with Crippen LogP contribution in [0.3, 0.4) is 0 Å². The van der Waals surface area contributed by atoms with Crippen molar-refractivity contribution in [1.29, 1.82) is 0 Å². The lowest BCUT2D eigenvalue weighted by atomic mass is 9.85. The molecule has 29 heavy (non-hydrogen) atoms. The molecule has 0 aliphatic heterocycles. The Hall–Kier alpha value is -1.79. The molecule has 3 rings (SSSR count). The molecule has 2 N–H and O–H groups in total. The van der Waals surface area contributed by atoms with Crippen LogP contribution in [-0.4, -0.2) is 20.1 Å². The number of aromatic nitrogens is 1. The van der Waals surface area contributed by atoms with Crippen LogP contribution in [0, 0.1) is 12.8 Å². The number of primary sulfonamides is 1. The topological polar surface area (TPSA) is 74.3 Å². The molecule has 0 amide bonds. The minimum absolute atomic E-state index is 0.0537. The Morgan fingerprint density at radius 1 is 1.10 bits per heavy atom. The quantitative estimate of drug-likeness (QED) is 0.743. The maximum Gasteiger partial charge on any atom is 0.239 e. The highest BCUT2D eigenvalue weighted by molar-refractivity contribution is 7.89. The smallest absolute Gasteiger partial charge is 0.239 e. The first-order chi connectivity index (χ1) is 13.5. The number of hydrogen-bond acceptors (Lipinski definition) is 3. The summed E-state index contributed by atoms with van der Waals surface area (Å²) in [6, 6.07) is 7.90. The van der Waals surface area contributed by atoms with Gasteiger partial charge in [-0.05, 0) is 60.9 Å². The van der Waals surface area contributed by atoms with E-state index in [1.807, 2.05) is 19.1 Å². The lowest BCUT2D eigenvalue weighted by molar-refractivity contribution is 0.318. The molecule has 160 valence electrons. The van der Waals surface area contributed by atoms with Gasteiger partial charge in [0.15, 0.2) is 0 Å². The molecule has 5 nitrogen and oxygen atoms in total. The van der Waals surface area contributed by atoms with Crippen molar-refractivity contribution in [2.45, 2.75) is 76.7 Å². The number of methoxy groups -OCH3 is 1. The van der Waals surface area contributed by atoms with Gasteiger partial charge in [-0.2, -0.15) is 0 Å². The summed E-state index contributed by atoms with van der Waals surface area (Å²) in [5.41, 5.74) is 3.66. The van der Waals surface area contributed by atoms with Crippen molar-refractivity contribution >= 4 is 10.0 Å². The number of sulfonamides is 1. The first-order valence-corrected chi connectivity index (χ1v) is 12.0. The van der Waals surface area contributed by atoms with E-state index in [0.717, 1.165) is 29.1 Å². The summed E-state index contributed by atoms with van der Waals surface area (Å²) < 4.78 is 32.2. The molecule has 6 heteroatoms. The molecule has 1 heterocycles. The molecule has 0 saturated heterocycles. The number of hydrogen-bond donors (Lipinski definition) is 1. The normalized spacial score (nSPS) is 16.2. The third-order valence-corrected chi connectivity index (χ3v) is 7.12. The average molecular weight is 419 g/mol. The fourth-order valence-corrected chi connectivity index (χ4v) is 5.11. The second kappa shape index (κ2) is 8.15. The van der Waals surface area contributed by atoms with Gasteiger partial charge in [0.1, 0.15) is 10.6 Å². The Kier molecular flexibility index (Phi) is 6.16. The molecule has 0 bridgehead atoms. The van der Waals surface area contributed by atoms with Gasteiger partial charge in [0.25, 0.3) is 0 Å². The van der Waals surface area contributed by atoms with Gasteiger partial charge in [-0.25, -0.2) is 13.6 Å². The van der Waals surface area contributed by atoms with Gasteiger partial charge in [0.2, 0.25) is 10.0 Å². The summed E-state index contributed by atoms with van der Waals surface area (Å²) in [6.45, 7) is 9.16. The fraction of sp³-hybridized carbons (Fsp3) is 0.565. The van der Waals surface area contributed by atoms with Gasteiger partial charge in [0, 0.05) is 23.5 Å². The van der Waals surface area contributed by atoms with E-state index < -0.39 is 10.0 Å². The van der Waals surface area contributed by atoms with Crippen LogP contribution in [0.25, 0.3) is 11.3 Å². The number of ether oxygens (including phenoxy) is 1. The zero-order valence-corrected chi connectivity index (χ0v) is 19.1. The van der Waals surface area contributed by atoms with Crippen LogP contribution in [-0.2, 0) is 22.0 Å². The summed E-state index contributed by atoms with van der Waals surface area (Å²) in [6.07, 6.45) is 6.16. The minimum atomic E-state index is -3.79. The Balaban J connectivity index is 2.17. The first kappa shape index (κ1) is 21.9. The largest absolute Gasteiger partial charge is 0.497 e. The lowest BCUT2D eigenvalue weighted by Gasteiger charge is -2.25. The van der Waals surface area contributed by atoms with Gasteiger partial charge in [0.05, 0.1) is 7.11 Å². The van der Waals surface area contributed by atoms with Crippen LogP contribution in [0.2, 0.25) is 0 Å². The van der Waals surface area contributed by atoms with Crippen LogP contribution < -0.4 is 9.88 Å². The van der Waals surface area contributed by atoms with Crippen molar-refractivity contribution in [3.63, 3.8) is 0 Å². The summed E-state index contributed by atoms with van der Waals surface area (Å²) in [4.78, 5) is 0.212. The van der Waals surface area contributed by atoms with E-state index in [-0.39, 0.29) is 10.3 Å². The number of nitrogens with zero attached hydrogens (tertiary/aromatic N) is 1. The van der Waals surface area contributed by atoms with Crippen LogP contribution in [0.1, 0.15) is 64.1 Å². The monoisotopic (exact) mass is 418 g/mol. The lowest BCUT2D eigenvalue weighted by Crippen LogP contribution is -2.17. The molecule has 2 aromatic rings. The Labute approximate surface area is 175 Å². The van der Waals surface area contributed by atoms with E-state index in [2.05, 4.69) is 31.4 Å². The second-order valence-corrected chi connectivity index (χ2v) is 10.9. The van der Waals surface area contributed by atoms with Crippen molar-refractivity contribution in [2.75, 3.05) is 7.11 Å². The van der Waals surface area contributed by atoms with Crippen LogP contribution in [0.5, 0.6) is 5.75 Å². The number of benzene rings is 1. The molecular weight excluding hydrogens is 384 g/mol. The predicted molar refractivity (Wildman–Crippen MR) is 118 cm³/mol. The summed E-state index contributed by atoms with van der Waals surface area (Å²) in [5, 5.41) is 5.54. The van der Waals surface area contributed by atoms with Gasteiger partial charge >= 0.3 is 0 Å². The Morgan fingerprint density at radius 3 is 2.31 bits per heavy atom. The van der Waals surface area contributed by atoms with Gasteiger partial charge in [-0.15, -0.1) is 0 Å². The predicted octanol–water partition coefficient (Wildman–Crippen LogP) is 5.00. The molecule has 0 unspecified atom stereocenters. The average Bonchev–Trinajstić information content (AvgIpc) is 2.98. The Morgan fingerprint density at radius 2 is 1.76 bits per heavy atom. The van der Waals surface area contributed by atoms with Crippen LogP contribution in [0.4, 0.5) is 0 Å². The molecule has 1 fully saturated rings. The molecule has 1 saturated carbocycles. The van der Waals surface area contributed by atoms with E-state index in [1.165, 1.54) is 32.1 Å². The summed E-state index contributed by atoms with van der Waals surface area (Å²) >= 11 is 0. The van der Waals surface area contributed by atoms with Crippen molar-refractivity contribution in [2.24, 2.45) is 11.1 Å². The molecule has 1 aliphatic rings. The third kappa shape index (κ3) is 4.86. The molecular formula is C23H34N2O3S. The zero-order valence-electron chi connectivity index (χ0n) is 18.3. The molecule has 1 aliphatic carbocycles. The van der Waals surface area contributed by atoms with Crippen LogP contribution >= 0.6 is 0 Å². The maximum absolute atomic E-state index is 12.2. The SMILES string of the molecule is COc1cc(-c2cc(S(N)(=O)=O)c(C)n2CC2CCCCC2)cc(C(C)(C)C)c1. The van der Waals surface area contributed by atoms with Gasteiger partial charge < -0.3 is 9.30 Å². The molecule has 0 radical (unpaired) electrons. The van der Waals surface area contributed by atoms with E-state index in [1.54, 1.807) is 13.2 Å². The summed E-state index contributed by atoms with van der Waals surface area (Å²) in [7, 11) is -2.13. The number of nitrogens with two attached hydrogens (primary N) is 1. The summed E-state index contributed by atoms with van der Waals surface area (Å²) in [5.74, 6) is 1.34. The molecule has 0 spiro atoms. The van der Waals surface area contributed by atoms with Crippen molar-refractivity contribution in [3.8, 4) is 17.0 Å². The maximum atomic E-state index is 12.2. The first-order valence-electron chi connectivity index (χ1n) is 10.4. The minimum Gasteiger partial charge on any atom is -0.497 e. The molecule has 1 aromatic carbocycles. The van der Waals surface area contributed by atoms with E-state index in [4.69, 9.17) is 9.88 Å².